The van der Waals surface area contributed by atoms with Gasteiger partial charge in [-0.05, 0) is 19.3 Å². The fraction of sp³-hybridized carbons (Fsp3) is 1.00. The van der Waals surface area contributed by atoms with Crippen molar-refractivity contribution >= 4 is 22.6 Å². The van der Waals surface area contributed by atoms with Gasteiger partial charge in [0.25, 0.3) is 0 Å². The van der Waals surface area contributed by atoms with Crippen LogP contribution >= 0.6 is 22.6 Å². The number of unbranched alkanes of at least 4 members (excludes halogenated alkanes) is 25. The van der Waals surface area contributed by atoms with E-state index in [2.05, 4.69) is 43.4 Å². The fourth-order valence-electron chi connectivity index (χ4n) is 5.81. The molecule has 0 nitrogen and oxygen atoms in total. The van der Waals surface area contributed by atoms with E-state index in [1.54, 1.807) is 0 Å². The maximum absolute atomic E-state index is 2.91. The summed E-state index contributed by atoms with van der Waals surface area (Å²) in [4.78, 5) is 0. The molecule has 0 aromatic rings. The first-order valence-corrected chi connectivity index (χ1v) is 18.4. The molecule has 0 rings (SSSR count). The van der Waals surface area contributed by atoms with E-state index in [-0.39, 0.29) is 0 Å². The smallest absolute Gasteiger partial charge is 0.0222 e. The summed E-state index contributed by atoms with van der Waals surface area (Å²) in [6.07, 6.45) is 45.4. The zero-order chi connectivity index (χ0) is 26.4. The van der Waals surface area contributed by atoms with Gasteiger partial charge in [0.1, 0.15) is 0 Å². The topological polar surface area (TPSA) is 0 Å². The van der Waals surface area contributed by atoms with Crippen LogP contribution in [-0.4, -0.2) is 3.42 Å². The monoisotopic (exact) mass is 618 g/mol. The quantitative estimate of drug-likeness (QED) is 0.0412. The molecule has 0 aromatic carbocycles. The summed E-state index contributed by atoms with van der Waals surface area (Å²) in [5, 5.41) is 0. The highest BCUT2D eigenvalue weighted by atomic mass is 127. The lowest BCUT2D eigenvalue weighted by molar-refractivity contribution is 0.420. The van der Waals surface area contributed by atoms with Crippen LogP contribution in [0.3, 0.4) is 0 Å². The number of hydrogen-bond acceptors (Lipinski definition) is 0. The van der Waals surface area contributed by atoms with Crippen LogP contribution in [0.25, 0.3) is 0 Å². The Hall–Kier alpha value is 0.730. The summed E-state index contributed by atoms with van der Waals surface area (Å²) >= 11 is 2.91. The van der Waals surface area contributed by atoms with Gasteiger partial charge in [0.05, 0.1) is 0 Å². The Balaban J connectivity index is 3.79. The molecule has 0 bridgehead atoms. The molecule has 0 aromatic heterocycles. The molecule has 0 amide bonds. The predicted molar refractivity (Wildman–Crippen MR) is 177 cm³/mol. The molecule has 36 heavy (non-hydrogen) atoms. The van der Waals surface area contributed by atoms with Crippen molar-refractivity contribution in [1.29, 1.82) is 0 Å². The normalized spacial score (nSPS) is 12.0. The van der Waals surface area contributed by atoms with Gasteiger partial charge < -0.3 is 0 Å². The molecule has 0 spiro atoms. The number of alkyl halides is 1. The number of rotatable bonds is 31. The van der Waals surface area contributed by atoms with Crippen LogP contribution in [0.5, 0.6) is 0 Å². The Labute approximate surface area is 244 Å². The van der Waals surface area contributed by atoms with Crippen LogP contribution in [-0.2, 0) is 0 Å². The minimum absolute atomic E-state index is 0.600. The van der Waals surface area contributed by atoms with Crippen LogP contribution in [0.1, 0.15) is 220 Å². The fourth-order valence-corrected chi connectivity index (χ4v) is 6.95. The van der Waals surface area contributed by atoms with E-state index in [1.807, 2.05) is 0 Å². The van der Waals surface area contributed by atoms with Crippen molar-refractivity contribution in [2.75, 3.05) is 0 Å². The van der Waals surface area contributed by atoms with Crippen molar-refractivity contribution < 1.29 is 0 Å². The maximum atomic E-state index is 2.91. The highest BCUT2D eigenvalue weighted by Gasteiger charge is 2.24. The number of hydrogen-bond donors (Lipinski definition) is 0. The molecule has 0 saturated heterocycles. The molecular weight excluding hydrogens is 547 g/mol. The van der Waals surface area contributed by atoms with Gasteiger partial charge in [-0.3, -0.25) is 0 Å². The Morgan fingerprint density at radius 3 is 0.639 bits per heavy atom. The second kappa shape index (κ2) is 30.3. The first-order valence-electron chi connectivity index (χ1n) is 17.4. The number of halogens is 1. The summed E-state index contributed by atoms with van der Waals surface area (Å²) in [5.74, 6) is 0. The zero-order valence-corrected chi connectivity index (χ0v) is 28.0. The molecule has 0 heterocycles. The first-order chi connectivity index (χ1) is 17.7. The second-order valence-corrected chi connectivity index (χ2v) is 14.5. The maximum Gasteiger partial charge on any atom is 0.0222 e. The molecule has 0 radical (unpaired) electrons. The highest BCUT2D eigenvalue weighted by Crippen LogP contribution is 2.37. The van der Waals surface area contributed by atoms with E-state index in [4.69, 9.17) is 0 Å². The molecule has 0 N–H and O–H groups in total. The van der Waals surface area contributed by atoms with Crippen molar-refractivity contribution in [3.8, 4) is 0 Å². The highest BCUT2D eigenvalue weighted by molar-refractivity contribution is 14.1. The standard InChI is InChI=1S/C35H71I/c1-4-7-10-13-16-17-18-19-20-21-22-23-24-25-28-31-34-35(36,32-29-26-14-11-8-5-2)33-30-27-15-12-9-6-3/h4-34H2,1-3H3. The Kier molecular flexibility index (Phi) is 30.9. The molecule has 0 aliphatic rings. The summed E-state index contributed by atoms with van der Waals surface area (Å²) in [6, 6.07) is 0. The van der Waals surface area contributed by atoms with E-state index in [1.165, 1.54) is 199 Å². The largest absolute Gasteiger partial charge is 0.0789 e. The molecule has 0 fully saturated rings. The van der Waals surface area contributed by atoms with Crippen molar-refractivity contribution in [2.45, 2.75) is 223 Å². The molecular formula is C35H71I. The third kappa shape index (κ3) is 27.8. The van der Waals surface area contributed by atoms with E-state index in [0.29, 0.717) is 3.42 Å². The minimum Gasteiger partial charge on any atom is -0.0789 e. The Morgan fingerprint density at radius 2 is 0.444 bits per heavy atom. The van der Waals surface area contributed by atoms with Gasteiger partial charge in [0, 0.05) is 3.42 Å². The lowest BCUT2D eigenvalue weighted by Gasteiger charge is -2.28. The van der Waals surface area contributed by atoms with Gasteiger partial charge in [0.15, 0.2) is 0 Å². The van der Waals surface area contributed by atoms with Crippen LogP contribution in [0, 0.1) is 0 Å². The molecule has 0 saturated carbocycles. The van der Waals surface area contributed by atoms with E-state index in [0.717, 1.165) is 0 Å². The molecule has 1 heteroatoms. The molecule has 218 valence electrons. The molecule has 0 aliphatic carbocycles. The Morgan fingerprint density at radius 1 is 0.278 bits per heavy atom. The van der Waals surface area contributed by atoms with Crippen molar-refractivity contribution in [2.24, 2.45) is 0 Å². The van der Waals surface area contributed by atoms with E-state index < -0.39 is 0 Å². The van der Waals surface area contributed by atoms with Crippen molar-refractivity contribution in [3.63, 3.8) is 0 Å². The third-order valence-electron chi connectivity index (χ3n) is 8.44. The van der Waals surface area contributed by atoms with Gasteiger partial charge in [0.2, 0.25) is 0 Å². The van der Waals surface area contributed by atoms with Crippen molar-refractivity contribution in [1.82, 2.24) is 0 Å². The van der Waals surface area contributed by atoms with Crippen LogP contribution in [0.2, 0.25) is 0 Å². The SMILES string of the molecule is CCCCCCCCCCCCCCCCCCC(I)(CCCCCCCC)CCCCCCCC. The van der Waals surface area contributed by atoms with Gasteiger partial charge in [-0.2, -0.15) is 0 Å². The third-order valence-corrected chi connectivity index (χ3v) is 10.1. The average molecular weight is 619 g/mol. The first kappa shape index (κ1) is 36.7. The molecule has 0 atom stereocenters. The van der Waals surface area contributed by atoms with Crippen LogP contribution in [0.4, 0.5) is 0 Å². The van der Waals surface area contributed by atoms with Crippen LogP contribution < -0.4 is 0 Å². The molecule has 0 unspecified atom stereocenters. The van der Waals surface area contributed by atoms with Gasteiger partial charge in [-0.15, -0.1) is 0 Å². The summed E-state index contributed by atoms with van der Waals surface area (Å²) < 4.78 is 0.600. The van der Waals surface area contributed by atoms with Gasteiger partial charge in [-0.1, -0.05) is 223 Å². The Bertz CT molecular complexity index is 374. The predicted octanol–water partition coefficient (Wildman–Crippen LogP) is 14.3. The van der Waals surface area contributed by atoms with Gasteiger partial charge in [-0.25, -0.2) is 0 Å². The summed E-state index contributed by atoms with van der Waals surface area (Å²) in [5.41, 5.74) is 0. The lowest BCUT2D eigenvalue weighted by atomic mass is 9.89. The zero-order valence-electron chi connectivity index (χ0n) is 25.8. The van der Waals surface area contributed by atoms with E-state index in [9.17, 15) is 0 Å². The lowest BCUT2D eigenvalue weighted by Crippen LogP contribution is -2.20. The minimum atomic E-state index is 0.600. The molecule has 0 aliphatic heterocycles. The van der Waals surface area contributed by atoms with Crippen LogP contribution in [0.15, 0.2) is 0 Å². The average Bonchev–Trinajstić information content (AvgIpc) is 2.88. The summed E-state index contributed by atoms with van der Waals surface area (Å²) in [7, 11) is 0. The second-order valence-electron chi connectivity index (χ2n) is 12.2. The van der Waals surface area contributed by atoms with Gasteiger partial charge >= 0.3 is 0 Å². The van der Waals surface area contributed by atoms with E-state index >= 15 is 0 Å². The van der Waals surface area contributed by atoms with Crippen molar-refractivity contribution in [3.05, 3.63) is 0 Å². The summed E-state index contributed by atoms with van der Waals surface area (Å²) in [6.45, 7) is 6.97.